The number of nitrogens with zero attached hydrogens (tertiary/aromatic N) is 3. The number of imidazole rings is 2. The molecule has 2 atom stereocenters. The zero-order valence-corrected chi connectivity index (χ0v) is 25.9. The molecule has 12 nitrogen and oxygen atoms in total. The molecule has 4 aromatic rings. The normalized spacial score (nSPS) is 15.1. The first-order valence-corrected chi connectivity index (χ1v) is 15.2. The second-order valence-corrected chi connectivity index (χ2v) is 11.3. The zero-order chi connectivity index (χ0) is 31.9. The second kappa shape index (κ2) is 14.1. The van der Waals surface area contributed by atoms with Gasteiger partial charge in [0.05, 0.1) is 43.5 Å². The summed E-state index contributed by atoms with van der Waals surface area (Å²) in [6, 6.07) is 15.4. The van der Waals surface area contributed by atoms with E-state index in [9.17, 15) is 14.4 Å². The lowest BCUT2D eigenvalue weighted by atomic mass is 10.0. The lowest BCUT2D eigenvalue weighted by Crippen LogP contribution is -2.51. The van der Waals surface area contributed by atoms with Crippen LogP contribution in [0.25, 0.3) is 33.6 Å². The molecule has 0 aliphatic carbocycles. The predicted octanol–water partition coefficient (Wildman–Crippen LogP) is 6.14. The Balaban J connectivity index is 1.24. The molecule has 0 spiro atoms. The maximum Gasteiger partial charge on any atom is 0.413 e. The molecule has 0 unspecified atom stereocenters. The van der Waals surface area contributed by atoms with E-state index in [1.807, 2.05) is 57.2 Å². The summed E-state index contributed by atoms with van der Waals surface area (Å²) in [5.74, 6) is 0.826. The lowest BCUT2D eigenvalue weighted by Gasteiger charge is -2.30. The van der Waals surface area contributed by atoms with Crippen LogP contribution < -0.4 is 10.6 Å². The first kappa shape index (κ1) is 31.3. The predicted molar refractivity (Wildman–Crippen MR) is 170 cm³/mol. The number of rotatable bonds is 10. The molecule has 1 aliphatic heterocycles. The maximum atomic E-state index is 13.4. The Labute approximate surface area is 261 Å². The number of hydrogen-bond acceptors (Lipinski definition) is 7. The number of alkyl carbamates (subject to hydrolysis) is 1. The number of hydrogen-bond donors (Lipinski definition) is 4. The van der Waals surface area contributed by atoms with Crippen molar-refractivity contribution in [1.82, 2.24) is 30.2 Å². The fourth-order valence-electron chi connectivity index (χ4n) is 5.39. The molecule has 5 rings (SSSR count). The first-order chi connectivity index (χ1) is 21.8. The SMILES string of the molecule is CCCOC(=O)Nc1ncc(-c2ccc(-c3ccc(-c4cnc([C@@H]5CCCN5C(=O)[C@@H](NC(=O)OC)C(C)C)[nH]4)cc3)cc2)[nH]1. The summed E-state index contributed by atoms with van der Waals surface area (Å²) >= 11 is 0. The number of benzene rings is 2. The number of carbonyl (C=O) groups is 3. The Morgan fingerprint density at radius 2 is 1.51 bits per heavy atom. The largest absolute Gasteiger partial charge is 0.453 e. The van der Waals surface area contributed by atoms with Crippen molar-refractivity contribution in [2.24, 2.45) is 5.92 Å². The highest BCUT2D eigenvalue weighted by Gasteiger charge is 2.37. The van der Waals surface area contributed by atoms with Crippen LogP contribution in [0.15, 0.2) is 60.9 Å². The summed E-state index contributed by atoms with van der Waals surface area (Å²) < 4.78 is 9.76. The third kappa shape index (κ3) is 7.34. The van der Waals surface area contributed by atoms with Crippen molar-refractivity contribution in [3.05, 3.63) is 66.7 Å². The minimum absolute atomic E-state index is 0.0945. The highest BCUT2D eigenvalue weighted by Crippen LogP contribution is 2.33. The van der Waals surface area contributed by atoms with Gasteiger partial charge >= 0.3 is 12.2 Å². The van der Waals surface area contributed by atoms with Crippen molar-refractivity contribution < 1.29 is 23.9 Å². The Hall–Kier alpha value is -5.13. The van der Waals surface area contributed by atoms with Crippen LogP contribution in [0, 0.1) is 5.92 Å². The molecule has 1 fully saturated rings. The summed E-state index contributed by atoms with van der Waals surface area (Å²) in [4.78, 5) is 54.3. The highest BCUT2D eigenvalue weighted by atomic mass is 16.5. The fourth-order valence-corrected chi connectivity index (χ4v) is 5.39. The quantitative estimate of drug-likeness (QED) is 0.168. The number of aromatic amines is 2. The van der Waals surface area contributed by atoms with Crippen molar-refractivity contribution in [2.45, 2.75) is 52.1 Å². The highest BCUT2D eigenvalue weighted by molar-refractivity contribution is 5.86. The van der Waals surface area contributed by atoms with E-state index in [0.717, 1.165) is 58.7 Å². The number of nitrogens with one attached hydrogen (secondary N) is 4. The molecule has 1 saturated heterocycles. The molecule has 4 N–H and O–H groups in total. The van der Waals surface area contributed by atoms with E-state index in [1.54, 1.807) is 17.3 Å². The molecule has 1 aliphatic rings. The van der Waals surface area contributed by atoms with Crippen LogP contribution >= 0.6 is 0 Å². The zero-order valence-electron chi connectivity index (χ0n) is 25.9. The van der Waals surface area contributed by atoms with Gasteiger partial charge in [-0.1, -0.05) is 69.3 Å². The van der Waals surface area contributed by atoms with Crippen LogP contribution in [0.2, 0.25) is 0 Å². The molecule has 0 bridgehead atoms. The monoisotopic (exact) mass is 613 g/mol. The van der Waals surface area contributed by atoms with Gasteiger partial charge in [0.2, 0.25) is 11.9 Å². The minimum atomic E-state index is -0.677. The van der Waals surface area contributed by atoms with Gasteiger partial charge in [0.1, 0.15) is 11.9 Å². The topological polar surface area (TPSA) is 154 Å². The van der Waals surface area contributed by atoms with Crippen LogP contribution in [0.1, 0.15) is 51.9 Å². The van der Waals surface area contributed by atoms with Crippen molar-refractivity contribution >= 4 is 24.0 Å². The van der Waals surface area contributed by atoms with Crippen LogP contribution in [0.3, 0.4) is 0 Å². The van der Waals surface area contributed by atoms with Crippen molar-refractivity contribution in [1.29, 1.82) is 0 Å². The molecular formula is C33H39N7O5. The summed E-state index contributed by atoms with van der Waals surface area (Å²) in [6.45, 7) is 6.68. The Morgan fingerprint density at radius 1 is 0.911 bits per heavy atom. The first-order valence-electron chi connectivity index (χ1n) is 15.2. The van der Waals surface area contributed by atoms with Gasteiger partial charge < -0.3 is 29.7 Å². The van der Waals surface area contributed by atoms with E-state index in [0.29, 0.717) is 19.1 Å². The van der Waals surface area contributed by atoms with Crippen LogP contribution in [-0.2, 0) is 14.3 Å². The van der Waals surface area contributed by atoms with Gasteiger partial charge in [-0.25, -0.2) is 19.6 Å². The van der Waals surface area contributed by atoms with Gasteiger partial charge in [0.15, 0.2) is 0 Å². The summed E-state index contributed by atoms with van der Waals surface area (Å²) in [6.07, 6.45) is 4.70. The average molecular weight is 614 g/mol. The number of ether oxygens (including phenoxy) is 2. The van der Waals surface area contributed by atoms with E-state index in [1.165, 1.54) is 7.11 Å². The van der Waals surface area contributed by atoms with E-state index in [-0.39, 0.29) is 17.9 Å². The summed E-state index contributed by atoms with van der Waals surface area (Å²) in [7, 11) is 1.29. The average Bonchev–Trinajstić information content (AvgIpc) is 3.83. The number of methoxy groups -OCH3 is 1. The molecule has 236 valence electrons. The Kier molecular flexibility index (Phi) is 9.81. The van der Waals surface area contributed by atoms with E-state index >= 15 is 0 Å². The molecule has 45 heavy (non-hydrogen) atoms. The van der Waals surface area contributed by atoms with Gasteiger partial charge in [0, 0.05) is 6.54 Å². The molecule has 0 saturated carbocycles. The lowest BCUT2D eigenvalue weighted by molar-refractivity contribution is -0.135. The molecule has 2 aromatic carbocycles. The minimum Gasteiger partial charge on any atom is -0.453 e. The third-order valence-corrected chi connectivity index (χ3v) is 7.80. The number of aromatic nitrogens is 4. The van der Waals surface area contributed by atoms with Crippen LogP contribution in [0.4, 0.5) is 15.5 Å². The van der Waals surface area contributed by atoms with Gasteiger partial charge in [-0.3, -0.25) is 10.1 Å². The van der Waals surface area contributed by atoms with Gasteiger partial charge in [-0.15, -0.1) is 0 Å². The van der Waals surface area contributed by atoms with Crippen LogP contribution in [0.5, 0.6) is 0 Å². The molecular weight excluding hydrogens is 574 g/mol. The van der Waals surface area contributed by atoms with E-state index in [4.69, 9.17) is 9.47 Å². The number of H-pyrrole nitrogens is 2. The van der Waals surface area contributed by atoms with E-state index < -0.39 is 18.2 Å². The number of amides is 3. The Bertz CT molecular complexity index is 1610. The van der Waals surface area contributed by atoms with Gasteiger partial charge in [-0.05, 0) is 47.4 Å². The molecule has 3 heterocycles. The van der Waals surface area contributed by atoms with Gasteiger partial charge in [0.25, 0.3) is 0 Å². The van der Waals surface area contributed by atoms with Gasteiger partial charge in [-0.2, -0.15) is 0 Å². The molecule has 12 heteroatoms. The molecule has 2 aromatic heterocycles. The van der Waals surface area contributed by atoms with Crippen LogP contribution in [-0.4, -0.2) is 69.2 Å². The third-order valence-electron chi connectivity index (χ3n) is 7.80. The summed E-state index contributed by atoms with van der Waals surface area (Å²) in [5, 5.41) is 5.28. The van der Waals surface area contributed by atoms with E-state index in [2.05, 4.69) is 42.7 Å². The second-order valence-electron chi connectivity index (χ2n) is 11.3. The van der Waals surface area contributed by atoms with Crippen molar-refractivity contribution in [2.75, 3.05) is 25.6 Å². The molecule has 3 amide bonds. The smallest absolute Gasteiger partial charge is 0.413 e. The number of anilines is 1. The standard InChI is InChI=1S/C33H39N7O5/c1-5-17-45-33(43)39-31-35-19-26(37-31)24-14-10-22(11-15-24)21-8-12-23(13-9-21)25-18-34-29(36-25)27-7-6-16-40(27)30(41)28(20(2)3)38-32(42)44-4/h8-15,18-20,27-28H,5-7,16-17H2,1-4H3,(H,34,36)(H,38,42)(H2,35,37,39,43)/t27-,28-/m0/s1. The van der Waals surface area contributed by atoms with Crippen molar-refractivity contribution in [3.63, 3.8) is 0 Å². The Morgan fingerprint density at radius 3 is 2.11 bits per heavy atom. The van der Waals surface area contributed by atoms with Crippen molar-refractivity contribution in [3.8, 4) is 33.6 Å². The number of likely N-dealkylation sites (tertiary alicyclic amines) is 1. The fraction of sp³-hybridized carbons (Fsp3) is 0.364. The molecule has 0 radical (unpaired) electrons. The summed E-state index contributed by atoms with van der Waals surface area (Å²) in [5.41, 5.74) is 5.66. The number of carbonyl (C=O) groups excluding carboxylic acids is 3. The maximum absolute atomic E-state index is 13.4.